The lowest BCUT2D eigenvalue weighted by molar-refractivity contribution is -0.0126. The first-order valence-electron chi connectivity index (χ1n) is 13.2. The minimum absolute atomic E-state index is 0.0134. The van der Waals surface area contributed by atoms with Crippen molar-refractivity contribution in [2.45, 2.75) is 114 Å². The van der Waals surface area contributed by atoms with E-state index in [9.17, 15) is 0 Å². The maximum atomic E-state index is 7.06. The van der Waals surface area contributed by atoms with E-state index in [0.717, 1.165) is 30.9 Å². The van der Waals surface area contributed by atoms with Crippen molar-refractivity contribution in [2.75, 3.05) is 6.54 Å². The van der Waals surface area contributed by atoms with Crippen LogP contribution in [0.25, 0.3) is 0 Å². The fraction of sp³-hybridized carbons (Fsp3) is 0.714. The molecule has 188 valence electrons. The Hall–Kier alpha value is -1.09. The lowest BCUT2D eigenvalue weighted by atomic mass is 9.54. The Bertz CT molecular complexity index is 1020. The normalized spacial score (nSPS) is 32.3. The van der Waals surface area contributed by atoms with Crippen molar-refractivity contribution >= 4 is 16.6 Å². The molecule has 1 unspecified atom stereocenters. The molecule has 4 nitrogen and oxygen atoms in total. The van der Waals surface area contributed by atoms with Gasteiger partial charge in [-0.15, -0.1) is 0 Å². The summed E-state index contributed by atoms with van der Waals surface area (Å²) in [6.45, 7) is 24.3. The molecule has 1 fully saturated rings. The fourth-order valence-electron chi connectivity index (χ4n) is 6.08. The maximum Gasteiger partial charge on any atom is 0.250 e. The molecule has 1 N–H and O–H groups in total. The van der Waals surface area contributed by atoms with E-state index in [4.69, 9.17) is 13.6 Å². The number of nitrogens with one attached hydrogen (secondary N) is 1. The van der Waals surface area contributed by atoms with Crippen LogP contribution in [-0.2, 0) is 16.3 Å². The van der Waals surface area contributed by atoms with Gasteiger partial charge in [0.1, 0.15) is 18.0 Å². The van der Waals surface area contributed by atoms with Crippen LogP contribution in [0.1, 0.15) is 59.1 Å². The number of hydrogen-bond acceptors (Lipinski definition) is 4. The molecular formula is C28H45NO3Si2. The summed E-state index contributed by atoms with van der Waals surface area (Å²) in [6.07, 6.45) is 6.94. The molecular weight excluding hydrogens is 454 g/mol. The lowest BCUT2D eigenvalue weighted by Gasteiger charge is -2.55. The predicted octanol–water partition coefficient (Wildman–Crippen LogP) is 6.56. The van der Waals surface area contributed by atoms with E-state index >= 15 is 0 Å². The maximum absolute atomic E-state index is 7.06. The highest BCUT2D eigenvalue weighted by molar-refractivity contribution is 6.75. The van der Waals surface area contributed by atoms with Crippen LogP contribution < -0.4 is 14.5 Å². The summed E-state index contributed by atoms with van der Waals surface area (Å²) in [5.74, 6) is 2.42. The second kappa shape index (κ2) is 7.47. The first kappa shape index (κ1) is 24.6. The SMILES string of the molecule is CC(C)(C)[Si](C)(C)Oc1ccc2c3c1O[C@H]1[C@@H](O[Si](C)(C)C(C)(C)C)C=CC4[C@@H](C2)NCC[C@@]341. The second-order valence-corrected chi connectivity index (χ2v) is 23.6. The standard InChI is InChI=1S/C28H45NO3Si2/c1-26(2,3)33(7,8)31-21-13-11-18-17-20-19-12-14-22(32-34(9,10)27(4,5)6)25-28(19,15-16-29-20)23(18)24(21)30-25/h11-14,19-20,22,25,29H,15-17H2,1-10H3/t19?,20-,22+,25+,28+/m1/s1. The van der Waals surface area contributed by atoms with E-state index in [1.54, 1.807) is 0 Å². The number of benzene rings is 1. The molecule has 1 aromatic carbocycles. The van der Waals surface area contributed by atoms with Crippen LogP contribution in [0.15, 0.2) is 24.3 Å². The van der Waals surface area contributed by atoms with Gasteiger partial charge in [-0.3, -0.25) is 0 Å². The topological polar surface area (TPSA) is 39.7 Å². The largest absolute Gasteiger partial charge is 0.541 e. The molecule has 2 aliphatic heterocycles. The Balaban J connectivity index is 1.61. The van der Waals surface area contributed by atoms with Crippen LogP contribution in [0.4, 0.5) is 0 Å². The van der Waals surface area contributed by atoms with E-state index in [1.807, 2.05) is 0 Å². The van der Waals surface area contributed by atoms with Gasteiger partial charge in [0.2, 0.25) is 0 Å². The van der Waals surface area contributed by atoms with E-state index in [0.29, 0.717) is 12.0 Å². The highest BCUT2D eigenvalue weighted by Gasteiger charge is 2.64. The zero-order valence-electron chi connectivity index (χ0n) is 23.0. The second-order valence-electron chi connectivity index (χ2n) is 14.1. The number of rotatable bonds is 4. The van der Waals surface area contributed by atoms with Gasteiger partial charge in [0.15, 0.2) is 14.1 Å². The average molecular weight is 500 g/mol. The molecule has 2 heterocycles. The minimum Gasteiger partial charge on any atom is -0.541 e. The molecule has 0 aromatic heterocycles. The first-order chi connectivity index (χ1) is 15.6. The molecule has 2 bridgehead atoms. The van der Waals surface area contributed by atoms with Gasteiger partial charge in [0.05, 0.1) is 0 Å². The molecule has 5 rings (SSSR count). The zero-order chi connectivity index (χ0) is 24.9. The molecule has 1 spiro atoms. The summed E-state index contributed by atoms with van der Waals surface area (Å²) in [5.41, 5.74) is 2.85. The molecule has 1 aromatic rings. The van der Waals surface area contributed by atoms with Gasteiger partial charge in [0, 0.05) is 22.9 Å². The van der Waals surface area contributed by atoms with Gasteiger partial charge in [-0.2, -0.15) is 0 Å². The van der Waals surface area contributed by atoms with Gasteiger partial charge in [-0.1, -0.05) is 59.8 Å². The van der Waals surface area contributed by atoms with Gasteiger partial charge >= 0.3 is 0 Å². The third-order valence-corrected chi connectivity index (χ3v) is 18.9. The van der Waals surface area contributed by atoms with Crippen molar-refractivity contribution in [3.63, 3.8) is 0 Å². The van der Waals surface area contributed by atoms with Gasteiger partial charge < -0.3 is 18.9 Å². The number of hydrogen-bond donors (Lipinski definition) is 1. The Kier molecular flexibility index (Phi) is 5.40. The van der Waals surface area contributed by atoms with Crippen molar-refractivity contribution in [2.24, 2.45) is 5.92 Å². The van der Waals surface area contributed by atoms with Gasteiger partial charge in [-0.25, -0.2) is 0 Å². The molecule has 1 saturated heterocycles. The molecule has 0 amide bonds. The summed E-state index contributed by atoms with van der Waals surface area (Å²) < 4.78 is 21.0. The molecule has 0 radical (unpaired) electrons. The van der Waals surface area contributed by atoms with E-state index in [1.165, 1.54) is 11.1 Å². The Morgan fingerprint density at radius 3 is 2.29 bits per heavy atom. The van der Waals surface area contributed by atoms with E-state index in [2.05, 4.69) is 97.3 Å². The van der Waals surface area contributed by atoms with Crippen LogP contribution in [0.5, 0.6) is 11.5 Å². The molecule has 6 heteroatoms. The highest BCUT2D eigenvalue weighted by Crippen LogP contribution is 2.62. The quantitative estimate of drug-likeness (QED) is 0.376. The molecule has 0 saturated carbocycles. The summed E-state index contributed by atoms with van der Waals surface area (Å²) in [6, 6.07) is 4.98. The minimum atomic E-state index is -2.00. The summed E-state index contributed by atoms with van der Waals surface area (Å²) in [4.78, 5) is 0. The number of piperidine rings is 1. The highest BCUT2D eigenvalue weighted by atomic mass is 28.4. The zero-order valence-corrected chi connectivity index (χ0v) is 25.0. The fourth-order valence-corrected chi connectivity index (χ4v) is 8.33. The Labute approximate surface area is 209 Å². The van der Waals surface area contributed by atoms with Crippen molar-refractivity contribution in [3.05, 3.63) is 35.4 Å². The Morgan fingerprint density at radius 2 is 1.65 bits per heavy atom. The summed E-state index contributed by atoms with van der Waals surface area (Å²) >= 11 is 0. The van der Waals surface area contributed by atoms with Crippen LogP contribution in [0.2, 0.25) is 36.3 Å². The molecule has 5 atom stereocenters. The molecule has 34 heavy (non-hydrogen) atoms. The molecule has 4 aliphatic rings. The predicted molar refractivity (Wildman–Crippen MR) is 145 cm³/mol. The number of ether oxygens (including phenoxy) is 1. The molecule has 2 aliphatic carbocycles. The van der Waals surface area contributed by atoms with Crippen molar-refractivity contribution < 1.29 is 13.6 Å². The van der Waals surface area contributed by atoms with E-state index in [-0.39, 0.29) is 27.7 Å². The van der Waals surface area contributed by atoms with Crippen molar-refractivity contribution in [3.8, 4) is 11.5 Å². The van der Waals surface area contributed by atoms with E-state index < -0.39 is 16.6 Å². The van der Waals surface area contributed by atoms with Gasteiger partial charge in [0.25, 0.3) is 8.32 Å². The third kappa shape index (κ3) is 3.42. The van der Waals surface area contributed by atoms with Crippen LogP contribution in [-0.4, -0.2) is 41.4 Å². The first-order valence-corrected chi connectivity index (χ1v) is 19.0. The average Bonchev–Trinajstić information content (AvgIpc) is 3.03. The van der Waals surface area contributed by atoms with Crippen LogP contribution in [0, 0.1) is 5.92 Å². The Morgan fingerprint density at radius 1 is 0.971 bits per heavy atom. The summed E-state index contributed by atoms with van der Waals surface area (Å²) in [5, 5.41) is 4.12. The van der Waals surface area contributed by atoms with Crippen molar-refractivity contribution in [1.29, 1.82) is 0 Å². The third-order valence-electron chi connectivity index (χ3n) is 10.1. The van der Waals surface area contributed by atoms with Gasteiger partial charge in [-0.05, 0) is 67.3 Å². The van der Waals surface area contributed by atoms with Crippen LogP contribution >= 0.6 is 0 Å². The van der Waals surface area contributed by atoms with Crippen LogP contribution in [0.3, 0.4) is 0 Å². The summed E-state index contributed by atoms with van der Waals surface area (Å²) in [7, 11) is -3.97. The lowest BCUT2D eigenvalue weighted by Crippen LogP contribution is -2.65. The van der Waals surface area contributed by atoms with Crippen molar-refractivity contribution in [1.82, 2.24) is 5.32 Å². The smallest absolute Gasteiger partial charge is 0.250 e. The monoisotopic (exact) mass is 499 g/mol.